The maximum atomic E-state index is 12.0. The van der Waals surface area contributed by atoms with E-state index in [1.165, 1.54) is 25.1 Å². The maximum absolute atomic E-state index is 12.0. The van der Waals surface area contributed by atoms with Gasteiger partial charge in [-0.2, -0.15) is 0 Å². The molecule has 1 aliphatic rings. The van der Waals surface area contributed by atoms with Gasteiger partial charge >= 0.3 is 88.4 Å². The van der Waals surface area contributed by atoms with Gasteiger partial charge in [-0.3, -0.25) is 4.79 Å². The van der Waals surface area contributed by atoms with Crippen LogP contribution in [0.4, 0.5) is 11.4 Å². The molecule has 0 bridgehead atoms. The molecule has 10 heteroatoms. The first-order valence-electron chi connectivity index (χ1n) is 9.52. The summed E-state index contributed by atoms with van der Waals surface area (Å²) in [5.41, 5.74) is 4.93. The third-order valence-electron chi connectivity index (χ3n) is 4.65. The number of aromatic amines is 1. The summed E-state index contributed by atoms with van der Waals surface area (Å²) >= 11 is -4.83. The number of carbonyl (C=O) groups excluding carboxylic acids is 2. The Morgan fingerprint density at radius 3 is 2.47 bits per heavy atom. The van der Waals surface area contributed by atoms with Gasteiger partial charge in [-0.25, -0.2) is 0 Å². The number of hydrogen-bond donors (Lipinski definition) is 5. The van der Waals surface area contributed by atoms with E-state index in [1.807, 2.05) is 49.5 Å². The number of aromatic nitrogens is 1. The van der Waals surface area contributed by atoms with Crippen molar-refractivity contribution in [3.63, 3.8) is 0 Å². The van der Waals surface area contributed by atoms with E-state index < -0.39 is 14.2 Å². The average Bonchev–Trinajstić information content (AvgIpc) is 3.41. The van der Waals surface area contributed by atoms with E-state index in [2.05, 4.69) is 19.5 Å². The molecule has 0 saturated heterocycles. The van der Waals surface area contributed by atoms with Crippen molar-refractivity contribution in [1.82, 2.24) is 4.98 Å². The molecule has 0 aliphatic carbocycles. The summed E-state index contributed by atoms with van der Waals surface area (Å²) < 4.78 is 23.9. The predicted molar refractivity (Wildman–Crippen MR) is 121 cm³/mol. The van der Waals surface area contributed by atoms with Crippen LogP contribution in [0.5, 0.6) is 0 Å². The van der Waals surface area contributed by atoms with Crippen LogP contribution in [0.3, 0.4) is 0 Å². The van der Waals surface area contributed by atoms with Crippen LogP contribution in [0.25, 0.3) is 11.1 Å². The van der Waals surface area contributed by atoms with E-state index in [-0.39, 0.29) is 16.2 Å². The molecule has 0 spiro atoms. The van der Waals surface area contributed by atoms with E-state index in [1.54, 1.807) is 6.07 Å². The molecule has 1 atom stereocenters. The normalized spacial score (nSPS) is 15.6. The van der Waals surface area contributed by atoms with Crippen molar-refractivity contribution in [2.24, 2.45) is 0 Å². The summed E-state index contributed by atoms with van der Waals surface area (Å²) in [7, 11) is 0. The number of fused-ring (bicyclic) bond motifs is 1. The number of rotatable bonds is 4. The van der Waals surface area contributed by atoms with Crippen molar-refractivity contribution in [3.05, 3.63) is 78.1 Å². The summed E-state index contributed by atoms with van der Waals surface area (Å²) in [6, 6.07) is 17.3. The second kappa shape index (κ2) is 9.84. The average molecular weight is 499 g/mol. The summed E-state index contributed by atoms with van der Waals surface area (Å²) in [5.74, 6) is -0.324. The number of carbonyl (C=O) groups is 2. The first-order chi connectivity index (χ1) is 15.2. The molecular weight excluding hydrogens is 477 g/mol. The Hall–Kier alpha value is -3.36. The third kappa shape index (κ3) is 5.27. The van der Waals surface area contributed by atoms with Gasteiger partial charge in [0.2, 0.25) is 0 Å². The molecule has 2 amide bonds. The Kier molecular flexibility index (Phi) is 7.17. The minimum absolute atomic E-state index is 0.0294. The predicted octanol–water partition coefficient (Wildman–Crippen LogP) is 2.60. The molecule has 0 saturated carbocycles. The Morgan fingerprint density at radius 1 is 1.06 bits per heavy atom. The summed E-state index contributed by atoms with van der Waals surface area (Å²) in [6.45, 7) is 3.28. The van der Waals surface area contributed by atoms with Crippen molar-refractivity contribution in [2.75, 3.05) is 10.6 Å². The summed E-state index contributed by atoms with van der Waals surface area (Å²) in [6.07, 6.45) is 1.86. The standard InChI is InChI=1S/C14H12N2O.C8H10AsNO5/c1-9(11-7-4-8-15-11)13-10-5-2-3-6-12(10)16-14(13)17;1-6(11)10-8-4-2-3-7(5-8)9(12,13)15-14/h2-8,15H,1H3,(H,16,17);2-5,14H,1H3,(H,10,11)(H,12,13). The zero-order chi connectivity index (χ0) is 23.3. The fourth-order valence-electron chi connectivity index (χ4n) is 3.20. The second-order valence-corrected chi connectivity index (χ2v) is 10.5. The van der Waals surface area contributed by atoms with Crippen molar-refractivity contribution in [2.45, 2.75) is 13.8 Å². The molecular formula is C22H22AsN3O6. The number of para-hydroxylation sites is 1. The van der Waals surface area contributed by atoms with Crippen LogP contribution in [-0.4, -0.2) is 40.3 Å². The Labute approximate surface area is 187 Å². The van der Waals surface area contributed by atoms with E-state index in [9.17, 15) is 17.4 Å². The Bertz CT molecular complexity index is 1220. The Balaban J connectivity index is 0.000000183. The van der Waals surface area contributed by atoms with Gasteiger partial charge < -0.3 is 10.3 Å². The van der Waals surface area contributed by atoms with Gasteiger partial charge in [0, 0.05) is 23.1 Å². The monoisotopic (exact) mass is 499 g/mol. The van der Waals surface area contributed by atoms with Gasteiger partial charge in [-0.15, -0.1) is 0 Å². The number of H-pyrrole nitrogens is 1. The van der Waals surface area contributed by atoms with Crippen LogP contribution in [0.1, 0.15) is 25.1 Å². The number of benzene rings is 2. The van der Waals surface area contributed by atoms with Gasteiger partial charge in [0.1, 0.15) is 0 Å². The van der Waals surface area contributed by atoms with Crippen LogP contribution < -0.4 is 15.0 Å². The van der Waals surface area contributed by atoms with Crippen molar-refractivity contribution >= 4 is 52.9 Å². The zero-order valence-electron chi connectivity index (χ0n) is 17.3. The first-order valence-corrected chi connectivity index (χ1v) is 12.8. The zero-order valence-corrected chi connectivity index (χ0v) is 19.2. The molecule has 1 unspecified atom stereocenters. The third-order valence-corrected chi connectivity index (χ3v) is 7.07. The van der Waals surface area contributed by atoms with E-state index in [0.717, 1.165) is 28.1 Å². The fourth-order valence-corrected chi connectivity index (χ4v) is 4.61. The molecule has 9 nitrogen and oxygen atoms in total. The van der Waals surface area contributed by atoms with Crippen molar-refractivity contribution < 1.29 is 26.6 Å². The summed E-state index contributed by atoms with van der Waals surface area (Å²) in [4.78, 5) is 25.8. The number of anilines is 2. The van der Waals surface area contributed by atoms with Crippen LogP contribution in [0, 0.1) is 0 Å². The minimum atomic E-state index is -4.83. The van der Waals surface area contributed by atoms with Crippen LogP contribution in [0.2, 0.25) is 0 Å². The quantitative estimate of drug-likeness (QED) is 0.162. The van der Waals surface area contributed by atoms with Gasteiger partial charge in [0.05, 0.1) is 5.57 Å². The number of nitrogens with one attached hydrogen (secondary N) is 3. The molecule has 166 valence electrons. The summed E-state index contributed by atoms with van der Waals surface area (Å²) in [5, 5.41) is 13.6. The van der Waals surface area contributed by atoms with Gasteiger partial charge in [-0.05, 0) is 30.7 Å². The number of allylic oxidation sites excluding steroid dienone is 1. The van der Waals surface area contributed by atoms with Crippen LogP contribution in [-0.2, 0) is 17.2 Å². The molecule has 3 aromatic rings. The molecule has 0 radical (unpaired) electrons. The molecule has 5 N–H and O–H groups in total. The number of amides is 2. The van der Waals surface area contributed by atoms with Gasteiger partial charge in [0.25, 0.3) is 5.91 Å². The van der Waals surface area contributed by atoms with Gasteiger partial charge in [0.15, 0.2) is 0 Å². The van der Waals surface area contributed by atoms with Crippen LogP contribution in [0.15, 0.2) is 66.9 Å². The molecule has 1 aliphatic heterocycles. The van der Waals surface area contributed by atoms with E-state index in [0.29, 0.717) is 5.69 Å². The first kappa shape index (κ1) is 23.3. The molecule has 2 aromatic carbocycles. The topological polar surface area (TPSA) is 141 Å². The molecule has 1 aromatic heterocycles. The van der Waals surface area contributed by atoms with Crippen molar-refractivity contribution in [1.29, 1.82) is 0 Å². The van der Waals surface area contributed by atoms with Crippen molar-refractivity contribution in [3.8, 4) is 0 Å². The van der Waals surface area contributed by atoms with Gasteiger partial charge in [-0.1, -0.05) is 18.2 Å². The Morgan fingerprint density at radius 2 is 1.81 bits per heavy atom. The van der Waals surface area contributed by atoms with E-state index in [4.69, 9.17) is 5.26 Å². The fraction of sp³-hybridized carbons (Fsp3) is 0.0909. The molecule has 4 rings (SSSR count). The molecule has 0 fully saturated rings. The second-order valence-electron chi connectivity index (χ2n) is 6.92. The van der Waals surface area contributed by atoms with Crippen LogP contribution >= 0.6 is 0 Å². The van der Waals surface area contributed by atoms with E-state index >= 15 is 0 Å². The molecule has 32 heavy (non-hydrogen) atoms. The molecule has 2 heterocycles. The number of hydrogen-bond acceptors (Lipinski definition) is 5. The SMILES string of the molecule is CC(=C1C(=O)Nc2ccccc21)c1ccc[nH]1.CC(=O)Nc1cccc([As](=O)(O)OO)c1.